The molecule has 0 aliphatic carbocycles. The molecule has 2 heterocycles. The molecule has 190 valence electrons. The first kappa shape index (κ1) is 26.3. The summed E-state index contributed by atoms with van der Waals surface area (Å²) in [6, 6.07) is 3.04. The predicted octanol–water partition coefficient (Wildman–Crippen LogP) is 2.07. The Morgan fingerprint density at radius 3 is 2.57 bits per heavy atom. The number of benzene rings is 1. The molecule has 1 aliphatic heterocycles. The van der Waals surface area contributed by atoms with Crippen molar-refractivity contribution in [2.24, 2.45) is 0 Å². The van der Waals surface area contributed by atoms with Crippen LogP contribution in [-0.2, 0) is 15.9 Å². The van der Waals surface area contributed by atoms with E-state index in [2.05, 4.69) is 0 Å². The molecule has 2 aromatic rings. The van der Waals surface area contributed by atoms with Gasteiger partial charge in [-0.25, -0.2) is 8.78 Å². The molecule has 0 unspecified atom stereocenters. The number of fused-ring (bicyclic) bond motifs is 1. The average Bonchev–Trinajstić information content (AvgIpc) is 2.80. The van der Waals surface area contributed by atoms with Crippen LogP contribution in [0.5, 0.6) is 5.75 Å². The minimum absolute atomic E-state index is 0.0280. The fourth-order valence-electron chi connectivity index (χ4n) is 3.74. The lowest BCUT2D eigenvalue weighted by Crippen LogP contribution is -2.56. The van der Waals surface area contributed by atoms with E-state index in [9.17, 15) is 28.3 Å². The van der Waals surface area contributed by atoms with Gasteiger partial charge in [0.2, 0.25) is 5.43 Å². The van der Waals surface area contributed by atoms with E-state index >= 15 is 0 Å². The Balaban J connectivity index is 1.90. The number of ketones is 1. The fraction of sp³-hybridized carbons (Fsp3) is 0.458. The van der Waals surface area contributed by atoms with Gasteiger partial charge in [-0.2, -0.15) is 0 Å². The van der Waals surface area contributed by atoms with Crippen molar-refractivity contribution in [3.63, 3.8) is 0 Å². The largest absolute Gasteiger partial charge is 0.502 e. The highest BCUT2D eigenvalue weighted by atomic mass is 19.1. The zero-order valence-corrected chi connectivity index (χ0v) is 19.9. The van der Waals surface area contributed by atoms with Gasteiger partial charge in [0.05, 0.1) is 31.4 Å². The first-order chi connectivity index (χ1) is 16.6. The van der Waals surface area contributed by atoms with Gasteiger partial charge < -0.3 is 19.5 Å². The van der Waals surface area contributed by atoms with Gasteiger partial charge in [0.15, 0.2) is 17.2 Å². The van der Waals surface area contributed by atoms with Crippen molar-refractivity contribution in [1.29, 1.82) is 0 Å². The van der Waals surface area contributed by atoms with Crippen LogP contribution in [0.25, 0.3) is 0 Å². The molecule has 1 aliphatic rings. The van der Waals surface area contributed by atoms with Crippen molar-refractivity contribution in [3.8, 4) is 5.75 Å². The van der Waals surface area contributed by atoms with Crippen molar-refractivity contribution in [2.45, 2.75) is 32.8 Å². The van der Waals surface area contributed by atoms with Crippen LogP contribution in [0.1, 0.15) is 46.7 Å². The Morgan fingerprint density at radius 2 is 1.91 bits per heavy atom. The average molecular weight is 494 g/mol. The highest BCUT2D eigenvalue weighted by molar-refractivity contribution is 6.00. The molecule has 0 saturated heterocycles. The third-order valence-electron chi connectivity index (χ3n) is 5.60. The second-order valence-corrected chi connectivity index (χ2v) is 8.43. The van der Waals surface area contributed by atoms with Gasteiger partial charge in [-0.1, -0.05) is 6.07 Å². The summed E-state index contributed by atoms with van der Waals surface area (Å²) < 4.78 is 39.0. The first-order valence-corrected chi connectivity index (χ1v) is 11.2. The number of ether oxygens (including phenoxy) is 2. The van der Waals surface area contributed by atoms with Crippen molar-refractivity contribution in [3.05, 3.63) is 63.1 Å². The van der Waals surface area contributed by atoms with Crippen LogP contribution in [0.4, 0.5) is 8.78 Å². The topological polar surface area (TPSA) is 101 Å². The number of carbonyl (C=O) groups excluding carboxylic acids is 2. The Hall–Kier alpha value is -3.31. The smallest absolute Gasteiger partial charge is 0.277 e. The third-order valence-corrected chi connectivity index (χ3v) is 5.60. The summed E-state index contributed by atoms with van der Waals surface area (Å²) in [6.07, 6.45) is 0.875. The molecule has 1 aromatic carbocycles. The lowest BCUT2D eigenvalue weighted by Gasteiger charge is -2.39. The molecule has 1 amide bonds. The number of hydrogen-bond acceptors (Lipinski definition) is 7. The first-order valence-electron chi connectivity index (χ1n) is 11.2. The summed E-state index contributed by atoms with van der Waals surface area (Å²) in [4.78, 5) is 40.2. The van der Waals surface area contributed by atoms with Gasteiger partial charge >= 0.3 is 0 Å². The molecule has 0 saturated carbocycles. The summed E-state index contributed by atoms with van der Waals surface area (Å²) in [7, 11) is 1.51. The number of aromatic hydroxyl groups is 1. The molecule has 0 radical (unpaired) electrons. The molecule has 0 spiro atoms. The Kier molecular flexibility index (Phi) is 8.57. The van der Waals surface area contributed by atoms with Gasteiger partial charge in [0.25, 0.3) is 5.91 Å². The summed E-state index contributed by atoms with van der Waals surface area (Å²) in [5, 5.41) is 12.3. The van der Waals surface area contributed by atoms with Crippen LogP contribution in [0, 0.1) is 11.6 Å². The number of methoxy groups -OCH3 is 1. The second kappa shape index (κ2) is 11.4. The zero-order valence-electron chi connectivity index (χ0n) is 19.9. The minimum atomic E-state index is -0.985. The minimum Gasteiger partial charge on any atom is -0.502 e. The van der Waals surface area contributed by atoms with Crippen LogP contribution in [0.2, 0.25) is 0 Å². The van der Waals surface area contributed by atoms with E-state index in [-0.39, 0.29) is 62.2 Å². The Bertz CT molecular complexity index is 1150. The molecule has 9 nitrogen and oxygen atoms in total. The molecular formula is C24H29F2N3O6. The molecule has 3 rings (SSSR count). The Labute approximate surface area is 201 Å². The summed E-state index contributed by atoms with van der Waals surface area (Å²) in [5.41, 5.74) is -1.46. The van der Waals surface area contributed by atoms with Crippen molar-refractivity contribution < 1.29 is 33.0 Å². The van der Waals surface area contributed by atoms with Gasteiger partial charge in [-0.05, 0) is 31.9 Å². The van der Waals surface area contributed by atoms with Gasteiger partial charge in [-0.3, -0.25) is 24.1 Å². The molecule has 1 aromatic heterocycles. The summed E-state index contributed by atoms with van der Waals surface area (Å²) in [5.74, 6) is -3.59. The Morgan fingerprint density at radius 1 is 1.17 bits per heavy atom. The number of carbonyl (C=O) groups is 2. The molecule has 35 heavy (non-hydrogen) atoms. The second-order valence-electron chi connectivity index (χ2n) is 8.43. The van der Waals surface area contributed by atoms with Gasteiger partial charge in [0.1, 0.15) is 18.3 Å². The van der Waals surface area contributed by atoms with Crippen LogP contribution in [0.15, 0.2) is 29.2 Å². The van der Waals surface area contributed by atoms with E-state index in [0.29, 0.717) is 6.54 Å². The van der Waals surface area contributed by atoms with Gasteiger partial charge in [-0.15, -0.1) is 0 Å². The number of aryl methyl sites for hydroxylation is 1. The van der Waals surface area contributed by atoms with E-state index in [1.165, 1.54) is 28.9 Å². The number of aromatic nitrogens is 1. The van der Waals surface area contributed by atoms with E-state index in [1.807, 2.05) is 13.8 Å². The maximum absolute atomic E-state index is 13.9. The maximum Gasteiger partial charge on any atom is 0.277 e. The normalized spacial score (nSPS) is 13.5. The van der Waals surface area contributed by atoms with Crippen molar-refractivity contribution in [2.75, 3.05) is 45.1 Å². The van der Waals surface area contributed by atoms with Crippen molar-refractivity contribution >= 4 is 11.7 Å². The molecule has 0 fully saturated rings. The van der Waals surface area contributed by atoms with E-state index in [1.54, 1.807) is 5.01 Å². The zero-order chi connectivity index (χ0) is 25.7. The van der Waals surface area contributed by atoms with Crippen LogP contribution >= 0.6 is 0 Å². The SMILES string of the molecule is COCCN1CN(CCOC(C)C)C(=O)c2c(O)c(=O)c(C(=O)CCc3ccc(F)cc3F)cn21. The monoisotopic (exact) mass is 493 g/mol. The third kappa shape index (κ3) is 6.04. The molecule has 1 N–H and O–H groups in total. The number of Topliss-reactive ketones (excluding diaryl/α,β-unsaturated/α-hetero) is 1. The lowest BCUT2D eigenvalue weighted by molar-refractivity contribution is 0.0422. The van der Waals surface area contributed by atoms with E-state index < -0.39 is 34.5 Å². The van der Waals surface area contributed by atoms with E-state index in [4.69, 9.17) is 9.47 Å². The number of hydrogen-bond donors (Lipinski definition) is 1. The van der Waals surface area contributed by atoms with E-state index in [0.717, 1.165) is 12.1 Å². The number of amides is 1. The lowest BCUT2D eigenvalue weighted by atomic mass is 10.0. The highest BCUT2D eigenvalue weighted by Gasteiger charge is 2.34. The van der Waals surface area contributed by atoms with Crippen molar-refractivity contribution in [1.82, 2.24) is 9.58 Å². The molecule has 0 bridgehead atoms. The van der Waals surface area contributed by atoms with Crippen LogP contribution in [-0.4, -0.2) is 72.6 Å². The number of rotatable bonds is 11. The standard InChI is InChI=1S/C24H29F2N3O6/c1-15(2)35-11-8-27-14-28(9-10-34-3)29-13-18(22(31)23(32)21(29)24(27)33)20(30)7-5-16-4-6-17(25)12-19(16)26/h4,6,12-13,15,32H,5,7-11,14H2,1-3H3. The molecule has 11 heteroatoms. The van der Waals surface area contributed by atoms with Gasteiger partial charge in [0, 0.05) is 32.3 Å². The number of halogens is 2. The summed E-state index contributed by atoms with van der Waals surface area (Å²) >= 11 is 0. The number of pyridine rings is 1. The van der Waals surface area contributed by atoms with Crippen LogP contribution in [0.3, 0.4) is 0 Å². The molecular weight excluding hydrogens is 464 g/mol. The predicted molar refractivity (Wildman–Crippen MR) is 123 cm³/mol. The quantitative estimate of drug-likeness (QED) is 0.478. The number of nitrogens with zero attached hydrogens (tertiary/aromatic N) is 3. The fourth-order valence-corrected chi connectivity index (χ4v) is 3.74. The highest BCUT2D eigenvalue weighted by Crippen LogP contribution is 2.22. The maximum atomic E-state index is 13.9. The van der Waals surface area contributed by atoms with Crippen LogP contribution < -0.4 is 10.4 Å². The summed E-state index contributed by atoms with van der Waals surface area (Å²) in [6.45, 7) is 4.94. The molecule has 0 atom stereocenters.